The number of aryl methyl sites for hydroxylation is 1. The summed E-state index contributed by atoms with van der Waals surface area (Å²) in [5.74, 6) is 0.0294. The van der Waals surface area contributed by atoms with Gasteiger partial charge in [-0.1, -0.05) is 0 Å². The van der Waals surface area contributed by atoms with Crippen molar-refractivity contribution in [2.24, 2.45) is 5.73 Å². The minimum absolute atomic E-state index is 0.0288. The summed E-state index contributed by atoms with van der Waals surface area (Å²) >= 11 is 0. The number of rotatable bonds is 5. The molecule has 2 rings (SSSR count). The maximum absolute atomic E-state index is 13.3. The fraction of sp³-hybridized carbons (Fsp3) is 0.231. The predicted molar refractivity (Wildman–Crippen MR) is 75.1 cm³/mol. The second-order valence-electron chi connectivity index (χ2n) is 4.38. The van der Waals surface area contributed by atoms with Crippen molar-refractivity contribution in [3.05, 3.63) is 53.4 Å². The lowest BCUT2D eigenvalue weighted by atomic mass is 10.2. The monoisotopic (exact) mass is 310 g/mol. The molecule has 0 aliphatic rings. The zero-order valence-corrected chi connectivity index (χ0v) is 12.2. The van der Waals surface area contributed by atoms with E-state index < -0.39 is 15.8 Å². The normalized spacial score (nSPS) is 11.6. The highest BCUT2D eigenvalue weighted by Crippen LogP contribution is 2.15. The van der Waals surface area contributed by atoms with Gasteiger partial charge in [0.25, 0.3) is 0 Å². The van der Waals surface area contributed by atoms with Crippen LogP contribution in [0.5, 0.6) is 0 Å². The average Bonchev–Trinajstić information content (AvgIpc) is 2.46. The Morgan fingerprint density at radius 1 is 1.33 bits per heavy atom. The Balaban J connectivity index is 2.18. The summed E-state index contributed by atoms with van der Waals surface area (Å²) < 4.78 is 40.1. The summed E-state index contributed by atoms with van der Waals surface area (Å²) in [5.41, 5.74) is 6.07. The van der Waals surface area contributed by atoms with Crippen LogP contribution in [0.2, 0.25) is 0 Å². The van der Waals surface area contributed by atoms with Crippen molar-refractivity contribution < 1.29 is 12.8 Å². The van der Waals surface area contributed by atoms with Crippen LogP contribution >= 0.6 is 0 Å². The molecule has 0 atom stereocenters. The fourth-order valence-electron chi connectivity index (χ4n) is 1.73. The molecule has 0 aliphatic heterocycles. The van der Waals surface area contributed by atoms with Gasteiger partial charge in [-0.3, -0.25) is 0 Å². The molecule has 1 aromatic carbocycles. The molecule has 0 bridgehead atoms. The topological polar surface area (TPSA) is 98.0 Å². The van der Waals surface area contributed by atoms with Crippen molar-refractivity contribution in [2.75, 3.05) is 0 Å². The first-order valence-electron chi connectivity index (χ1n) is 6.19. The predicted octanol–water partition coefficient (Wildman–Crippen LogP) is 0.861. The van der Waals surface area contributed by atoms with E-state index in [1.807, 2.05) is 0 Å². The number of hydrogen-bond donors (Lipinski definition) is 2. The van der Waals surface area contributed by atoms with E-state index in [9.17, 15) is 12.8 Å². The van der Waals surface area contributed by atoms with Gasteiger partial charge >= 0.3 is 0 Å². The quantitative estimate of drug-likeness (QED) is 0.853. The van der Waals surface area contributed by atoms with Crippen molar-refractivity contribution in [3.63, 3.8) is 0 Å². The number of aromatic nitrogens is 2. The summed E-state index contributed by atoms with van der Waals surface area (Å²) in [5, 5.41) is 0. The zero-order valence-electron chi connectivity index (χ0n) is 11.4. The van der Waals surface area contributed by atoms with Crippen LogP contribution in [-0.2, 0) is 23.1 Å². The van der Waals surface area contributed by atoms with Crippen molar-refractivity contribution in [2.45, 2.75) is 24.9 Å². The van der Waals surface area contributed by atoms with Gasteiger partial charge in [-0.15, -0.1) is 0 Å². The maximum Gasteiger partial charge on any atom is 0.240 e. The van der Waals surface area contributed by atoms with E-state index in [4.69, 9.17) is 5.73 Å². The Hall–Kier alpha value is -1.90. The molecule has 0 radical (unpaired) electrons. The lowest BCUT2D eigenvalue weighted by Crippen LogP contribution is -2.24. The molecule has 0 saturated heterocycles. The van der Waals surface area contributed by atoms with Crippen molar-refractivity contribution in [1.82, 2.24) is 14.7 Å². The second-order valence-corrected chi connectivity index (χ2v) is 6.14. The van der Waals surface area contributed by atoms with Gasteiger partial charge < -0.3 is 5.73 Å². The number of hydrogen-bond acceptors (Lipinski definition) is 5. The van der Waals surface area contributed by atoms with E-state index in [1.165, 1.54) is 12.1 Å². The van der Waals surface area contributed by atoms with Gasteiger partial charge in [0.2, 0.25) is 10.0 Å². The van der Waals surface area contributed by atoms with E-state index >= 15 is 0 Å². The number of halogens is 1. The van der Waals surface area contributed by atoms with E-state index in [-0.39, 0.29) is 23.5 Å². The first kappa shape index (κ1) is 15.5. The van der Waals surface area contributed by atoms with Crippen LogP contribution in [0.4, 0.5) is 4.39 Å². The van der Waals surface area contributed by atoms with Gasteiger partial charge in [0.05, 0.1) is 17.1 Å². The molecule has 3 N–H and O–H groups in total. The molecule has 0 spiro atoms. The molecule has 0 amide bonds. The van der Waals surface area contributed by atoms with Crippen LogP contribution in [0, 0.1) is 12.7 Å². The maximum atomic E-state index is 13.3. The van der Waals surface area contributed by atoms with Gasteiger partial charge in [-0.25, -0.2) is 27.5 Å². The number of nitrogens with one attached hydrogen (secondary N) is 1. The van der Waals surface area contributed by atoms with Gasteiger partial charge in [0.15, 0.2) is 0 Å². The summed E-state index contributed by atoms with van der Waals surface area (Å²) in [6, 6.07) is 5.13. The number of sulfonamides is 1. The summed E-state index contributed by atoms with van der Waals surface area (Å²) in [6.07, 6.45) is 1.55. The Morgan fingerprint density at radius 2 is 2.10 bits per heavy atom. The Labute approximate surface area is 122 Å². The van der Waals surface area contributed by atoms with Crippen molar-refractivity contribution in [3.8, 4) is 0 Å². The molecule has 0 aliphatic carbocycles. The lowest BCUT2D eigenvalue weighted by Gasteiger charge is -2.08. The van der Waals surface area contributed by atoms with E-state index in [0.29, 0.717) is 11.5 Å². The largest absolute Gasteiger partial charge is 0.326 e. The number of nitrogens with two attached hydrogens (primary N) is 1. The van der Waals surface area contributed by atoms with Crippen LogP contribution in [-0.4, -0.2) is 18.4 Å². The molecule has 8 heteroatoms. The summed E-state index contributed by atoms with van der Waals surface area (Å²) in [7, 11) is -3.75. The third-order valence-corrected chi connectivity index (χ3v) is 4.22. The molecular weight excluding hydrogens is 295 g/mol. The van der Waals surface area contributed by atoms with E-state index in [1.54, 1.807) is 19.2 Å². The highest BCUT2D eigenvalue weighted by atomic mass is 32.2. The van der Waals surface area contributed by atoms with Crippen molar-refractivity contribution >= 4 is 10.0 Å². The molecule has 0 fully saturated rings. The minimum atomic E-state index is -3.75. The lowest BCUT2D eigenvalue weighted by molar-refractivity contribution is 0.578. The molecule has 1 heterocycles. The molecule has 112 valence electrons. The third-order valence-electron chi connectivity index (χ3n) is 2.82. The highest BCUT2D eigenvalue weighted by molar-refractivity contribution is 7.89. The SMILES string of the molecule is Cc1nccc(CNS(=O)(=O)c2ccc(F)c(CN)c2)n1. The van der Waals surface area contributed by atoms with Gasteiger partial charge in [-0.2, -0.15) is 0 Å². The number of benzene rings is 1. The second kappa shape index (κ2) is 6.25. The van der Waals surface area contributed by atoms with Crippen LogP contribution in [0.15, 0.2) is 35.4 Å². The van der Waals surface area contributed by atoms with Crippen molar-refractivity contribution in [1.29, 1.82) is 0 Å². The Bertz CT molecular complexity index is 750. The molecule has 21 heavy (non-hydrogen) atoms. The Kier molecular flexibility index (Phi) is 4.61. The standard InChI is InChI=1S/C13H15FN4O2S/c1-9-16-5-4-11(18-9)8-17-21(19,20)12-2-3-13(14)10(6-12)7-15/h2-6,17H,7-8,15H2,1H3. The third kappa shape index (κ3) is 3.81. The molecule has 0 saturated carbocycles. The van der Waals surface area contributed by atoms with E-state index in [2.05, 4.69) is 14.7 Å². The fourth-order valence-corrected chi connectivity index (χ4v) is 2.78. The van der Waals surface area contributed by atoms with Crippen LogP contribution in [0.3, 0.4) is 0 Å². The smallest absolute Gasteiger partial charge is 0.240 e. The van der Waals surface area contributed by atoms with Gasteiger partial charge in [-0.05, 0) is 31.2 Å². The molecular formula is C13H15FN4O2S. The van der Waals surface area contributed by atoms with E-state index in [0.717, 1.165) is 6.07 Å². The minimum Gasteiger partial charge on any atom is -0.326 e. The van der Waals surface area contributed by atoms with Crippen LogP contribution in [0.25, 0.3) is 0 Å². The summed E-state index contributed by atoms with van der Waals surface area (Å²) in [4.78, 5) is 8.00. The molecule has 6 nitrogen and oxygen atoms in total. The molecule has 1 aromatic heterocycles. The zero-order chi connectivity index (χ0) is 15.5. The average molecular weight is 310 g/mol. The van der Waals surface area contributed by atoms with Crippen LogP contribution < -0.4 is 10.5 Å². The summed E-state index contributed by atoms with van der Waals surface area (Å²) in [6.45, 7) is 1.67. The highest BCUT2D eigenvalue weighted by Gasteiger charge is 2.16. The van der Waals surface area contributed by atoms with Gasteiger partial charge in [0, 0.05) is 18.3 Å². The van der Waals surface area contributed by atoms with Crippen LogP contribution in [0.1, 0.15) is 17.1 Å². The number of nitrogens with zero attached hydrogens (tertiary/aromatic N) is 2. The van der Waals surface area contributed by atoms with Gasteiger partial charge in [0.1, 0.15) is 11.6 Å². The Morgan fingerprint density at radius 3 is 2.76 bits per heavy atom. The first-order chi connectivity index (χ1) is 9.92. The molecule has 2 aromatic rings. The molecule has 0 unspecified atom stereocenters. The first-order valence-corrected chi connectivity index (χ1v) is 7.67.